The summed E-state index contributed by atoms with van der Waals surface area (Å²) in [5.74, 6) is -0.422. The van der Waals surface area contributed by atoms with Crippen LogP contribution in [0.25, 0.3) is 10.8 Å². The van der Waals surface area contributed by atoms with Crippen molar-refractivity contribution in [1.29, 1.82) is 0 Å². The largest absolute Gasteiger partial charge is 0.373 e. The summed E-state index contributed by atoms with van der Waals surface area (Å²) < 4.78 is 0. The summed E-state index contributed by atoms with van der Waals surface area (Å²) in [6, 6.07) is 18.6. The van der Waals surface area contributed by atoms with E-state index < -0.39 is 6.04 Å². The third kappa shape index (κ3) is 3.11. The predicted molar refractivity (Wildman–Crippen MR) is 104 cm³/mol. The molecule has 0 fully saturated rings. The zero-order valence-corrected chi connectivity index (χ0v) is 14.4. The van der Waals surface area contributed by atoms with E-state index >= 15 is 0 Å². The molecule has 0 spiro atoms. The molecule has 0 saturated carbocycles. The van der Waals surface area contributed by atoms with Gasteiger partial charge in [-0.3, -0.25) is 9.59 Å². The minimum absolute atomic E-state index is 0.0458. The highest BCUT2D eigenvalue weighted by molar-refractivity contribution is 6.13. The Bertz CT molecular complexity index is 1010. The van der Waals surface area contributed by atoms with Gasteiger partial charge < -0.3 is 16.0 Å². The summed E-state index contributed by atoms with van der Waals surface area (Å²) in [6.45, 7) is 1.97. The van der Waals surface area contributed by atoms with Gasteiger partial charge in [0.05, 0.1) is 12.1 Å². The summed E-state index contributed by atoms with van der Waals surface area (Å²) in [6.07, 6.45) is 0.0458. The van der Waals surface area contributed by atoms with Crippen LogP contribution in [0.1, 0.15) is 12.0 Å². The Morgan fingerprint density at radius 1 is 1.04 bits per heavy atom. The Balaban J connectivity index is 1.56. The molecule has 2 amide bonds. The van der Waals surface area contributed by atoms with Gasteiger partial charge >= 0.3 is 0 Å². The summed E-state index contributed by atoms with van der Waals surface area (Å²) in [4.78, 5) is 25.0. The van der Waals surface area contributed by atoms with Crippen molar-refractivity contribution in [2.24, 2.45) is 0 Å². The smallest absolute Gasteiger partial charge is 0.247 e. The number of amides is 2. The maximum atomic E-state index is 12.6. The molecule has 1 aliphatic rings. The molecule has 3 aromatic carbocycles. The first kappa shape index (κ1) is 16.1. The fourth-order valence-electron chi connectivity index (χ4n) is 3.30. The zero-order chi connectivity index (χ0) is 18.1. The van der Waals surface area contributed by atoms with E-state index in [4.69, 9.17) is 0 Å². The standard InChI is InChI=1S/C21H19N3O2/c1-13-5-2-8-15(11-13)22-19(25)12-18-21(26)24-17-10-4-7-14-6-3-9-16(23-18)20(14)17/h2-11,18,23H,12H2,1H3,(H,22,25)(H,24,26)/t18-/m0/s1. The van der Waals surface area contributed by atoms with E-state index in [-0.39, 0.29) is 18.2 Å². The van der Waals surface area contributed by atoms with Crippen LogP contribution in [0, 0.1) is 6.92 Å². The highest BCUT2D eigenvalue weighted by Crippen LogP contribution is 2.33. The summed E-state index contributed by atoms with van der Waals surface area (Å²) in [7, 11) is 0. The Morgan fingerprint density at radius 3 is 2.54 bits per heavy atom. The van der Waals surface area contributed by atoms with Crippen molar-refractivity contribution in [3.05, 3.63) is 66.2 Å². The molecule has 1 aliphatic heterocycles. The lowest BCUT2D eigenvalue weighted by Crippen LogP contribution is -2.36. The molecule has 0 saturated heterocycles. The molecule has 3 aromatic rings. The molecular formula is C21H19N3O2. The average molecular weight is 345 g/mol. The van der Waals surface area contributed by atoms with E-state index in [1.165, 1.54) is 0 Å². The molecule has 1 atom stereocenters. The molecule has 0 unspecified atom stereocenters. The number of nitrogens with one attached hydrogen (secondary N) is 3. The van der Waals surface area contributed by atoms with E-state index in [9.17, 15) is 9.59 Å². The van der Waals surface area contributed by atoms with Crippen molar-refractivity contribution in [2.45, 2.75) is 19.4 Å². The number of rotatable bonds is 3. The Kier molecular flexibility index (Phi) is 4.05. The average Bonchev–Trinajstić information content (AvgIpc) is 2.73. The minimum Gasteiger partial charge on any atom is -0.373 e. The molecule has 4 rings (SSSR count). The number of benzene rings is 3. The number of carbonyl (C=O) groups is 2. The molecule has 1 heterocycles. The zero-order valence-electron chi connectivity index (χ0n) is 14.4. The summed E-state index contributed by atoms with van der Waals surface area (Å²) in [5.41, 5.74) is 3.41. The maximum Gasteiger partial charge on any atom is 0.247 e. The van der Waals surface area contributed by atoms with Gasteiger partial charge in [-0.05, 0) is 42.1 Å². The maximum absolute atomic E-state index is 12.6. The molecule has 0 aromatic heterocycles. The molecule has 130 valence electrons. The van der Waals surface area contributed by atoms with Crippen molar-refractivity contribution in [3.63, 3.8) is 0 Å². The first-order valence-electron chi connectivity index (χ1n) is 8.56. The predicted octanol–water partition coefficient (Wildman–Crippen LogP) is 3.91. The number of anilines is 3. The normalized spacial score (nSPS) is 15.7. The fraction of sp³-hybridized carbons (Fsp3) is 0.143. The quantitative estimate of drug-likeness (QED) is 0.674. The van der Waals surface area contributed by atoms with Gasteiger partial charge in [0.1, 0.15) is 6.04 Å². The van der Waals surface area contributed by atoms with Crippen LogP contribution in [0.4, 0.5) is 17.1 Å². The van der Waals surface area contributed by atoms with Crippen LogP contribution in [0.5, 0.6) is 0 Å². The van der Waals surface area contributed by atoms with Crippen LogP contribution in [0.15, 0.2) is 60.7 Å². The second-order valence-corrected chi connectivity index (χ2v) is 6.52. The van der Waals surface area contributed by atoms with Crippen LogP contribution in [0.2, 0.25) is 0 Å². The lowest BCUT2D eigenvalue weighted by molar-refractivity contribution is -0.121. The molecule has 5 heteroatoms. The number of carbonyl (C=O) groups excluding carboxylic acids is 2. The second-order valence-electron chi connectivity index (χ2n) is 6.52. The SMILES string of the molecule is Cc1cccc(NC(=O)C[C@@H]2Nc3cccc4cccc(c34)NC2=O)c1. The van der Waals surface area contributed by atoms with E-state index in [0.717, 1.165) is 33.4 Å². The van der Waals surface area contributed by atoms with Crippen LogP contribution in [-0.2, 0) is 9.59 Å². The molecule has 5 nitrogen and oxygen atoms in total. The Labute approximate surface area is 151 Å². The van der Waals surface area contributed by atoms with Crippen LogP contribution in [-0.4, -0.2) is 17.9 Å². The highest BCUT2D eigenvalue weighted by atomic mass is 16.2. The summed E-state index contributed by atoms with van der Waals surface area (Å²) in [5, 5.41) is 11.0. The third-order valence-electron chi connectivity index (χ3n) is 4.50. The van der Waals surface area contributed by atoms with Gasteiger partial charge in [-0.15, -0.1) is 0 Å². The molecule has 0 aliphatic carbocycles. The van der Waals surface area contributed by atoms with Crippen molar-refractivity contribution in [1.82, 2.24) is 0 Å². The van der Waals surface area contributed by atoms with Crippen molar-refractivity contribution in [2.75, 3.05) is 16.0 Å². The first-order valence-corrected chi connectivity index (χ1v) is 8.56. The molecular weight excluding hydrogens is 326 g/mol. The van der Waals surface area contributed by atoms with Gasteiger partial charge in [0, 0.05) is 16.8 Å². The van der Waals surface area contributed by atoms with E-state index in [2.05, 4.69) is 16.0 Å². The lowest BCUT2D eigenvalue weighted by atomic mass is 10.1. The number of hydrogen-bond donors (Lipinski definition) is 3. The molecule has 26 heavy (non-hydrogen) atoms. The van der Waals surface area contributed by atoms with Gasteiger partial charge in [0.15, 0.2) is 0 Å². The highest BCUT2D eigenvalue weighted by Gasteiger charge is 2.26. The third-order valence-corrected chi connectivity index (χ3v) is 4.50. The van der Waals surface area contributed by atoms with Crippen molar-refractivity contribution < 1.29 is 9.59 Å². The number of hydrogen-bond acceptors (Lipinski definition) is 3. The minimum atomic E-state index is -0.641. The topological polar surface area (TPSA) is 70.2 Å². The van der Waals surface area contributed by atoms with E-state index in [1.54, 1.807) is 0 Å². The molecule has 0 radical (unpaired) electrons. The van der Waals surface area contributed by atoms with Gasteiger partial charge in [-0.1, -0.05) is 36.4 Å². The summed E-state index contributed by atoms with van der Waals surface area (Å²) >= 11 is 0. The number of aryl methyl sites for hydroxylation is 1. The van der Waals surface area contributed by atoms with E-state index in [0.29, 0.717) is 0 Å². The van der Waals surface area contributed by atoms with Crippen molar-refractivity contribution in [3.8, 4) is 0 Å². The Hall–Kier alpha value is -3.34. The lowest BCUT2D eigenvalue weighted by Gasteiger charge is -2.16. The Morgan fingerprint density at radius 2 is 1.77 bits per heavy atom. The van der Waals surface area contributed by atoms with Gasteiger partial charge in [-0.25, -0.2) is 0 Å². The van der Waals surface area contributed by atoms with E-state index in [1.807, 2.05) is 67.6 Å². The van der Waals surface area contributed by atoms with Gasteiger partial charge in [-0.2, -0.15) is 0 Å². The van der Waals surface area contributed by atoms with Crippen LogP contribution in [0.3, 0.4) is 0 Å². The second kappa shape index (κ2) is 6.52. The van der Waals surface area contributed by atoms with Gasteiger partial charge in [0.25, 0.3) is 0 Å². The molecule has 0 bridgehead atoms. The fourth-order valence-corrected chi connectivity index (χ4v) is 3.30. The monoisotopic (exact) mass is 345 g/mol. The van der Waals surface area contributed by atoms with Crippen LogP contribution >= 0.6 is 0 Å². The first-order chi connectivity index (χ1) is 12.6. The van der Waals surface area contributed by atoms with Crippen LogP contribution < -0.4 is 16.0 Å². The van der Waals surface area contributed by atoms with Crippen molar-refractivity contribution >= 4 is 39.6 Å². The molecule has 3 N–H and O–H groups in total. The van der Waals surface area contributed by atoms with Gasteiger partial charge in [0.2, 0.25) is 11.8 Å².